The van der Waals surface area contributed by atoms with E-state index in [-0.39, 0.29) is 18.6 Å². The number of hydrogen-bond donors (Lipinski definition) is 1. The van der Waals surface area contributed by atoms with Crippen molar-refractivity contribution in [3.05, 3.63) is 23.9 Å². The van der Waals surface area contributed by atoms with Crippen molar-refractivity contribution in [2.75, 3.05) is 51.2 Å². The number of nitrogens with zero attached hydrogens (tertiary/aromatic N) is 4. The predicted molar refractivity (Wildman–Crippen MR) is 106 cm³/mol. The van der Waals surface area contributed by atoms with Gasteiger partial charge in [-0.25, -0.2) is 4.98 Å². The van der Waals surface area contributed by atoms with Gasteiger partial charge in [-0.15, -0.1) is 0 Å². The molecule has 150 valence electrons. The molecule has 28 heavy (non-hydrogen) atoms. The fourth-order valence-corrected chi connectivity index (χ4v) is 4.16. The third kappa shape index (κ3) is 5.00. The van der Waals surface area contributed by atoms with Crippen LogP contribution in [0.2, 0.25) is 0 Å². The lowest BCUT2D eigenvalue weighted by atomic mass is 9.95. The van der Waals surface area contributed by atoms with Gasteiger partial charge in [0.15, 0.2) is 0 Å². The lowest BCUT2D eigenvalue weighted by Gasteiger charge is -2.38. The zero-order valence-electron chi connectivity index (χ0n) is 16.3. The van der Waals surface area contributed by atoms with Crippen molar-refractivity contribution in [3.63, 3.8) is 0 Å². The van der Waals surface area contributed by atoms with Crippen molar-refractivity contribution in [2.45, 2.75) is 31.8 Å². The number of likely N-dealkylation sites (tertiary alicyclic amines) is 1. The predicted octanol–water partition coefficient (Wildman–Crippen LogP) is 1.71. The van der Waals surface area contributed by atoms with E-state index in [1.165, 1.54) is 45.3 Å². The number of nitriles is 1. The highest BCUT2D eigenvalue weighted by atomic mass is 16.5. The molecule has 3 fully saturated rings. The van der Waals surface area contributed by atoms with E-state index < -0.39 is 0 Å². The van der Waals surface area contributed by atoms with Crippen LogP contribution in [0.4, 0.5) is 5.82 Å². The molecule has 1 aromatic heterocycles. The maximum absolute atomic E-state index is 12.3. The largest absolute Gasteiger partial charge is 0.366 e. The molecule has 3 aliphatic rings. The summed E-state index contributed by atoms with van der Waals surface area (Å²) in [6, 6.07) is 5.62. The summed E-state index contributed by atoms with van der Waals surface area (Å²) in [7, 11) is 0. The third-order valence-corrected chi connectivity index (χ3v) is 6.04. The van der Waals surface area contributed by atoms with E-state index in [2.05, 4.69) is 21.3 Å². The normalized spacial score (nSPS) is 24.2. The molecule has 7 nitrogen and oxygen atoms in total. The molecule has 0 bridgehead atoms. The van der Waals surface area contributed by atoms with E-state index in [4.69, 9.17) is 10.00 Å². The number of hydrogen-bond acceptors (Lipinski definition) is 6. The number of rotatable bonds is 7. The van der Waals surface area contributed by atoms with Gasteiger partial charge in [0, 0.05) is 32.4 Å². The Hall–Kier alpha value is -2.17. The van der Waals surface area contributed by atoms with E-state index in [9.17, 15) is 4.79 Å². The van der Waals surface area contributed by atoms with Gasteiger partial charge in [0.05, 0.1) is 11.7 Å². The Balaban J connectivity index is 1.24. The number of aromatic nitrogens is 1. The monoisotopic (exact) mass is 383 g/mol. The molecule has 1 unspecified atom stereocenters. The van der Waals surface area contributed by atoms with E-state index in [0.717, 1.165) is 12.5 Å². The molecule has 7 heteroatoms. The molecule has 1 aliphatic carbocycles. The average molecular weight is 383 g/mol. The molecule has 1 amide bonds. The van der Waals surface area contributed by atoms with Gasteiger partial charge in [0.2, 0.25) is 5.91 Å². The molecular weight excluding hydrogens is 354 g/mol. The number of carbonyl (C=O) groups excluding carboxylic acids is 1. The minimum absolute atomic E-state index is 0.0822. The van der Waals surface area contributed by atoms with Gasteiger partial charge in [-0.1, -0.05) is 0 Å². The number of morpholine rings is 1. The topological polar surface area (TPSA) is 81.5 Å². The van der Waals surface area contributed by atoms with Crippen LogP contribution in [0.1, 0.15) is 31.2 Å². The average Bonchev–Trinajstić information content (AvgIpc) is 3.54. The summed E-state index contributed by atoms with van der Waals surface area (Å²) in [5, 5.41) is 12.4. The molecule has 0 radical (unpaired) electrons. The molecule has 3 heterocycles. The minimum Gasteiger partial charge on any atom is -0.366 e. The first-order valence-electron chi connectivity index (χ1n) is 10.4. The van der Waals surface area contributed by atoms with Crippen molar-refractivity contribution >= 4 is 11.7 Å². The molecule has 2 saturated heterocycles. The second-order valence-corrected chi connectivity index (χ2v) is 8.31. The van der Waals surface area contributed by atoms with E-state index in [1.54, 1.807) is 18.3 Å². The van der Waals surface area contributed by atoms with Gasteiger partial charge in [-0.2, -0.15) is 5.26 Å². The van der Waals surface area contributed by atoms with Gasteiger partial charge >= 0.3 is 0 Å². The van der Waals surface area contributed by atoms with Crippen molar-refractivity contribution in [1.82, 2.24) is 14.8 Å². The van der Waals surface area contributed by atoms with E-state index in [1.807, 2.05) is 4.90 Å². The quantitative estimate of drug-likeness (QED) is 0.772. The summed E-state index contributed by atoms with van der Waals surface area (Å²) in [6.45, 7) is 5.72. The van der Waals surface area contributed by atoms with Gasteiger partial charge in [0.25, 0.3) is 0 Å². The summed E-state index contributed by atoms with van der Waals surface area (Å²) in [5.74, 6) is 2.20. The number of anilines is 1. The second-order valence-electron chi connectivity index (χ2n) is 8.31. The van der Waals surface area contributed by atoms with Gasteiger partial charge in [-0.05, 0) is 62.7 Å². The Labute approximate surface area is 166 Å². The number of amides is 1. The first kappa shape index (κ1) is 19.2. The number of pyridine rings is 1. The Bertz CT molecular complexity index is 722. The van der Waals surface area contributed by atoms with Gasteiger partial charge in [0.1, 0.15) is 18.5 Å². The van der Waals surface area contributed by atoms with Crippen LogP contribution < -0.4 is 5.32 Å². The highest BCUT2D eigenvalue weighted by molar-refractivity contribution is 5.78. The lowest BCUT2D eigenvalue weighted by Crippen LogP contribution is -2.51. The van der Waals surface area contributed by atoms with E-state index in [0.29, 0.717) is 30.4 Å². The van der Waals surface area contributed by atoms with Crippen molar-refractivity contribution < 1.29 is 9.53 Å². The Morgan fingerprint density at radius 2 is 2.00 bits per heavy atom. The van der Waals surface area contributed by atoms with Crippen LogP contribution in [-0.2, 0) is 9.53 Å². The van der Waals surface area contributed by atoms with Crippen molar-refractivity contribution in [3.8, 4) is 6.07 Å². The summed E-state index contributed by atoms with van der Waals surface area (Å²) >= 11 is 0. The molecule has 1 N–H and O–H groups in total. The molecule has 0 aromatic carbocycles. The first-order chi connectivity index (χ1) is 13.7. The fourth-order valence-electron chi connectivity index (χ4n) is 4.16. The molecule has 1 saturated carbocycles. The summed E-state index contributed by atoms with van der Waals surface area (Å²) in [4.78, 5) is 21.1. The number of nitrogens with one attached hydrogen (secondary N) is 1. The van der Waals surface area contributed by atoms with Crippen LogP contribution in [0, 0.1) is 23.2 Å². The Morgan fingerprint density at radius 3 is 2.75 bits per heavy atom. The van der Waals surface area contributed by atoms with Crippen LogP contribution in [0.3, 0.4) is 0 Å². The van der Waals surface area contributed by atoms with Crippen LogP contribution in [0.15, 0.2) is 18.3 Å². The number of ether oxygens (including phenoxy) is 1. The van der Waals surface area contributed by atoms with Crippen molar-refractivity contribution in [2.24, 2.45) is 11.8 Å². The van der Waals surface area contributed by atoms with Crippen LogP contribution in [0.25, 0.3) is 0 Å². The van der Waals surface area contributed by atoms with Crippen LogP contribution >= 0.6 is 0 Å². The number of carbonyl (C=O) groups is 1. The molecule has 1 atom stereocenters. The summed E-state index contributed by atoms with van der Waals surface area (Å²) in [5.41, 5.74) is 0.518. The first-order valence-corrected chi connectivity index (χ1v) is 10.4. The number of piperidine rings is 1. The maximum atomic E-state index is 12.3. The molecule has 4 rings (SSSR count). The van der Waals surface area contributed by atoms with Crippen LogP contribution in [-0.4, -0.2) is 72.7 Å². The maximum Gasteiger partial charge on any atom is 0.248 e. The summed E-state index contributed by atoms with van der Waals surface area (Å²) < 4.78 is 5.70. The zero-order chi connectivity index (χ0) is 19.3. The standard InChI is InChI=1S/C21H29N5O2/c22-10-18-2-1-7-23-21(18)24-11-19-14-26(20(27)15-28-19)13-17-5-8-25(9-6-17)12-16-3-4-16/h1-2,7,16-17,19H,3-6,8-9,11-15H2,(H,23,24). The highest BCUT2D eigenvalue weighted by Crippen LogP contribution is 2.31. The Morgan fingerprint density at radius 1 is 1.21 bits per heavy atom. The molecule has 0 spiro atoms. The Kier molecular flexibility index (Phi) is 6.08. The van der Waals surface area contributed by atoms with Gasteiger partial charge < -0.3 is 19.9 Å². The fraction of sp³-hybridized carbons (Fsp3) is 0.667. The highest BCUT2D eigenvalue weighted by Gasteiger charge is 2.31. The zero-order valence-corrected chi connectivity index (χ0v) is 16.3. The molecule has 2 aliphatic heterocycles. The molecular formula is C21H29N5O2. The second kappa shape index (κ2) is 8.89. The van der Waals surface area contributed by atoms with Gasteiger partial charge in [-0.3, -0.25) is 4.79 Å². The SMILES string of the molecule is N#Cc1cccnc1NCC1CN(CC2CCN(CC3CC3)CC2)C(=O)CO1. The summed E-state index contributed by atoms with van der Waals surface area (Å²) in [6.07, 6.45) is 6.76. The molecule has 1 aromatic rings. The van der Waals surface area contributed by atoms with E-state index >= 15 is 0 Å². The lowest BCUT2D eigenvalue weighted by molar-refractivity contribution is -0.149. The smallest absolute Gasteiger partial charge is 0.248 e. The minimum atomic E-state index is -0.0822. The third-order valence-electron chi connectivity index (χ3n) is 6.04. The van der Waals surface area contributed by atoms with Crippen molar-refractivity contribution in [1.29, 1.82) is 5.26 Å². The van der Waals surface area contributed by atoms with Crippen LogP contribution in [0.5, 0.6) is 0 Å².